The van der Waals surface area contributed by atoms with Crippen LogP contribution in [-0.4, -0.2) is 30.6 Å². The summed E-state index contributed by atoms with van der Waals surface area (Å²) in [4.78, 5) is 23.6. The molecule has 0 radical (unpaired) electrons. The predicted octanol–water partition coefficient (Wildman–Crippen LogP) is 3.77. The molecule has 1 atom stereocenters. The average molecular weight is 374 g/mol. The molecule has 0 aromatic heterocycles. The van der Waals surface area contributed by atoms with Crippen LogP contribution in [0.1, 0.15) is 27.2 Å². The second kappa shape index (κ2) is 8.94. The maximum atomic E-state index is 12.4. The molecule has 0 heterocycles. The molecule has 7 heteroatoms. The van der Waals surface area contributed by atoms with Gasteiger partial charge >= 0.3 is 5.97 Å². The van der Waals surface area contributed by atoms with E-state index in [0.29, 0.717) is 22.2 Å². The summed E-state index contributed by atoms with van der Waals surface area (Å²) < 4.78 is 10.2. The van der Waals surface area contributed by atoms with Crippen LogP contribution in [0.15, 0.2) is 30.4 Å². The third kappa shape index (κ3) is 6.81. The van der Waals surface area contributed by atoms with Crippen LogP contribution in [0, 0.1) is 0 Å². The fourth-order valence-corrected chi connectivity index (χ4v) is 2.37. The van der Waals surface area contributed by atoms with Crippen LogP contribution >= 0.6 is 23.2 Å². The first-order valence-corrected chi connectivity index (χ1v) is 8.14. The Balaban J connectivity index is 2.79. The molecule has 0 saturated heterocycles. The summed E-state index contributed by atoms with van der Waals surface area (Å²) in [6.07, 6.45) is 2.55. The number of carbonyl (C=O) groups excluding carboxylic acids is 2. The first kappa shape index (κ1) is 20.3. The van der Waals surface area contributed by atoms with E-state index >= 15 is 0 Å². The summed E-state index contributed by atoms with van der Waals surface area (Å²) in [7, 11) is 1.29. The molecule has 5 nitrogen and oxygen atoms in total. The third-order valence-electron chi connectivity index (χ3n) is 3.06. The van der Waals surface area contributed by atoms with Gasteiger partial charge in [0.15, 0.2) is 6.10 Å². The maximum Gasteiger partial charge on any atom is 0.330 e. The number of esters is 1. The molecule has 0 aliphatic carbocycles. The Morgan fingerprint density at radius 2 is 1.83 bits per heavy atom. The number of ether oxygens (including phenoxy) is 2. The van der Waals surface area contributed by atoms with Crippen molar-refractivity contribution in [2.24, 2.45) is 0 Å². The first-order chi connectivity index (χ1) is 11.2. The van der Waals surface area contributed by atoms with Crippen LogP contribution in [0.4, 0.5) is 0 Å². The second-order valence-corrected chi connectivity index (χ2v) is 6.56. The number of hydrogen-bond donors (Lipinski definition) is 1. The Morgan fingerprint density at radius 1 is 1.25 bits per heavy atom. The van der Waals surface area contributed by atoms with Gasteiger partial charge in [-0.25, -0.2) is 4.79 Å². The van der Waals surface area contributed by atoms with E-state index in [2.05, 4.69) is 10.1 Å². The van der Waals surface area contributed by atoms with Crippen molar-refractivity contribution in [2.75, 3.05) is 7.11 Å². The zero-order valence-electron chi connectivity index (χ0n) is 14.1. The van der Waals surface area contributed by atoms with Gasteiger partial charge in [0.2, 0.25) is 0 Å². The Hall–Kier alpha value is -1.72. The lowest BCUT2D eigenvalue weighted by molar-refractivity contribution is -0.135. The van der Waals surface area contributed by atoms with Crippen molar-refractivity contribution in [1.29, 1.82) is 0 Å². The predicted molar refractivity (Wildman–Crippen MR) is 94.5 cm³/mol. The normalized spacial score (nSPS) is 12.8. The van der Waals surface area contributed by atoms with Crippen LogP contribution in [0.5, 0.6) is 5.75 Å². The van der Waals surface area contributed by atoms with E-state index in [1.807, 2.05) is 6.92 Å². The minimum atomic E-state index is -0.742. The molecule has 0 aliphatic rings. The molecule has 0 spiro atoms. The van der Waals surface area contributed by atoms with Crippen molar-refractivity contribution in [1.82, 2.24) is 5.32 Å². The Kier molecular flexibility index (Phi) is 7.58. The Labute approximate surface area is 151 Å². The van der Waals surface area contributed by atoms with Crippen LogP contribution < -0.4 is 10.1 Å². The summed E-state index contributed by atoms with van der Waals surface area (Å²) in [5, 5.41) is 3.66. The molecule has 0 fully saturated rings. The van der Waals surface area contributed by atoms with E-state index in [1.165, 1.54) is 13.2 Å². The molecular formula is C17H21Cl2NO4. The molecule has 1 unspecified atom stereocenters. The molecule has 24 heavy (non-hydrogen) atoms. The summed E-state index contributed by atoms with van der Waals surface area (Å²) in [6.45, 7) is 5.34. The van der Waals surface area contributed by atoms with Gasteiger partial charge in [-0.3, -0.25) is 4.79 Å². The third-order valence-corrected chi connectivity index (χ3v) is 3.50. The molecule has 1 rings (SSSR count). The SMILES string of the molecule is CCC(Oc1cc(Cl)cc(Cl)c1)C(=O)NC(C)(C)/C=C/C(=O)OC. The molecular weight excluding hydrogens is 353 g/mol. The number of hydrogen-bond acceptors (Lipinski definition) is 4. The minimum Gasteiger partial charge on any atom is -0.481 e. The van der Waals surface area contributed by atoms with Crippen LogP contribution in [0.25, 0.3) is 0 Å². The van der Waals surface area contributed by atoms with Crippen molar-refractivity contribution in [3.05, 3.63) is 40.4 Å². The molecule has 0 saturated carbocycles. The highest BCUT2D eigenvalue weighted by atomic mass is 35.5. The fourth-order valence-electron chi connectivity index (χ4n) is 1.87. The number of methoxy groups -OCH3 is 1. The lowest BCUT2D eigenvalue weighted by atomic mass is 10.0. The number of rotatable bonds is 7. The molecule has 0 bridgehead atoms. The van der Waals surface area contributed by atoms with Crippen LogP contribution in [0.2, 0.25) is 10.0 Å². The monoisotopic (exact) mass is 373 g/mol. The molecule has 1 aromatic rings. The number of benzene rings is 1. The largest absolute Gasteiger partial charge is 0.481 e. The summed E-state index contributed by atoms with van der Waals surface area (Å²) in [5.41, 5.74) is -0.742. The molecule has 1 aromatic carbocycles. The summed E-state index contributed by atoms with van der Waals surface area (Å²) >= 11 is 11.9. The van der Waals surface area contributed by atoms with E-state index < -0.39 is 17.6 Å². The highest BCUT2D eigenvalue weighted by Crippen LogP contribution is 2.25. The van der Waals surface area contributed by atoms with Gasteiger partial charge < -0.3 is 14.8 Å². The quantitative estimate of drug-likeness (QED) is 0.583. The van der Waals surface area contributed by atoms with E-state index in [-0.39, 0.29) is 5.91 Å². The van der Waals surface area contributed by atoms with Crippen LogP contribution in [0.3, 0.4) is 0 Å². The lowest BCUT2D eigenvalue weighted by Crippen LogP contribution is -2.48. The minimum absolute atomic E-state index is 0.312. The average Bonchev–Trinajstić information content (AvgIpc) is 2.48. The van der Waals surface area contributed by atoms with Gasteiger partial charge in [-0.2, -0.15) is 0 Å². The van der Waals surface area contributed by atoms with Gasteiger partial charge in [-0.1, -0.05) is 36.2 Å². The lowest BCUT2D eigenvalue weighted by Gasteiger charge is -2.26. The van der Waals surface area contributed by atoms with Gasteiger partial charge in [0.05, 0.1) is 12.6 Å². The second-order valence-electron chi connectivity index (χ2n) is 5.69. The van der Waals surface area contributed by atoms with E-state index in [4.69, 9.17) is 27.9 Å². The summed E-state index contributed by atoms with van der Waals surface area (Å²) in [5.74, 6) is -0.389. The Morgan fingerprint density at radius 3 is 2.33 bits per heavy atom. The van der Waals surface area contributed by atoms with Gasteiger partial charge in [-0.15, -0.1) is 0 Å². The molecule has 1 N–H and O–H groups in total. The van der Waals surface area contributed by atoms with Gasteiger partial charge in [-0.05, 0) is 38.5 Å². The number of amides is 1. The topological polar surface area (TPSA) is 64.6 Å². The van der Waals surface area contributed by atoms with Crippen molar-refractivity contribution in [3.8, 4) is 5.75 Å². The highest BCUT2D eigenvalue weighted by Gasteiger charge is 2.25. The summed E-state index contributed by atoms with van der Waals surface area (Å²) in [6, 6.07) is 4.76. The maximum absolute atomic E-state index is 12.4. The van der Waals surface area contributed by atoms with Crippen LogP contribution in [-0.2, 0) is 14.3 Å². The van der Waals surface area contributed by atoms with Crippen molar-refractivity contribution >= 4 is 35.1 Å². The number of halogens is 2. The van der Waals surface area contributed by atoms with Gasteiger partial charge in [0.1, 0.15) is 5.75 Å². The van der Waals surface area contributed by atoms with E-state index in [9.17, 15) is 9.59 Å². The standard InChI is InChI=1S/C17H21Cl2NO4/c1-5-14(24-13-9-11(18)8-12(19)10-13)16(22)20-17(2,3)7-6-15(21)23-4/h6-10,14H,5H2,1-4H3,(H,20,22)/b7-6+. The van der Waals surface area contributed by atoms with E-state index in [1.54, 1.807) is 38.1 Å². The molecule has 132 valence electrons. The van der Waals surface area contributed by atoms with Gasteiger partial charge in [0.25, 0.3) is 5.91 Å². The number of nitrogens with one attached hydrogen (secondary N) is 1. The zero-order chi connectivity index (χ0) is 18.3. The van der Waals surface area contributed by atoms with E-state index in [0.717, 1.165) is 0 Å². The van der Waals surface area contributed by atoms with Crippen molar-refractivity contribution in [2.45, 2.75) is 38.8 Å². The van der Waals surface area contributed by atoms with Crippen molar-refractivity contribution < 1.29 is 19.1 Å². The molecule has 0 aliphatic heterocycles. The zero-order valence-corrected chi connectivity index (χ0v) is 15.6. The fraction of sp³-hybridized carbons (Fsp3) is 0.412. The smallest absolute Gasteiger partial charge is 0.330 e. The number of carbonyl (C=O) groups is 2. The first-order valence-electron chi connectivity index (χ1n) is 7.39. The molecule has 1 amide bonds. The highest BCUT2D eigenvalue weighted by molar-refractivity contribution is 6.34. The van der Waals surface area contributed by atoms with Crippen molar-refractivity contribution in [3.63, 3.8) is 0 Å². The van der Waals surface area contributed by atoms with Gasteiger partial charge in [0, 0.05) is 16.1 Å². The Bertz CT molecular complexity index is 609.